The fraction of sp³-hybridized carbons (Fsp3) is 0.444. The largest absolute Gasteiger partial charge is 0.354 e. The molecule has 0 atom stereocenters. The van der Waals surface area contributed by atoms with E-state index < -0.39 is 0 Å². The molecule has 1 rings (SSSR count). The summed E-state index contributed by atoms with van der Waals surface area (Å²) < 4.78 is 2.03. The fourth-order valence-electron chi connectivity index (χ4n) is 0.982. The third-order valence-electron chi connectivity index (χ3n) is 1.66. The second-order valence-corrected chi connectivity index (χ2v) is 3.46. The average Bonchev–Trinajstić information content (AvgIpc) is 2.09. The Labute approximate surface area is 80.3 Å². The van der Waals surface area contributed by atoms with Crippen LogP contribution in [0.15, 0.2) is 29.3 Å². The van der Waals surface area contributed by atoms with E-state index in [1.807, 2.05) is 17.0 Å². The van der Waals surface area contributed by atoms with E-state index in [2.05, 4.69) is 15.9 Å². The van der Waals surface area contributed by atoms with Gasteiger partial charge in [0.15, 0.2) is 5.43 Å². The molecule has 0 fully saturated rings. The molecule has 66 valence electrons. The minimum atomic E-state index is 0.0757. The Morgan fingerprint density at radius 1 is 1.25 bits per heavy atom. The quantitative estimate of drug-likeness (QED) is 0.573. The average molecular weight is 230 g/mol. The van der Waals surface area contributed by atoms with Crippen molar-refractivity contribution in [3.8, 4) is 0 Å². The Morgan fingerprint density at radius 2 is 1.92 bits per heavy atom. The summed E-state index contributed by atoms with van der Waals surface area (Å²) in [5, 5.41) is 1.05. The van der Waals surface area contributed by atoms with Gasteiger partial charge in [-0.15, -0.1) is 0 Å². The summed E-state index contributed by atoms with van der Waals surface area (Å²) in [6.07, 6.45) is 5.98. The highest BCUT2D eigenvalue weighted by Crippen LogP contribution is 1.96. The summed E-state index contributed by atoms with van der Waals surface area (Å²) in [6.45, 7) is 0.992. The van der Waals surface area contributed by atoms with E-state index in [1.165, 1.54) is 6.42 Å². The van der Waals surface area contributed by atoms with Crippen molar-refractivity contribution in [1.82, 2.24) is 4.57 Å². The molecule has 3 heteroatoms. The number of aryl methyl sites for hydroxylation is 1. The molecule has 0 aliphatic heterocycles. The standard InChI is InChI=1S/C9H12BrNO/c10-5-1-2-6-11-7-3-9(12)4-8-11/h3-4,7-8H,1-2,5-6H2. The minimum Gasteiger partial charge on any atom is -0.354 e. The summed E-state index contributed by atoms with van der Waals surface area (Å²) >= 11 is 3.38. The molecule has 0 unspecified atom stereocenters. The Hall–Kier alpha value is -0.570. The minimum absolute atomic E-state index is 0.0757. The normalized spacial score (nSPS) is 10.1. The molecule has 0 aromatic carbocycles. The lowest BCUT2D eigenvalue weighted by atomic mass is 10.3. The zero-order chi connectivity index (χ0) is 8.81. The van der Waals surface area contributed by atoms with Gasteiger partial charge in [-0.25, -0.2) is 0 Å². The topological polar surface area (TPSA) is 22.0 Å². The van der Waals surface area contributed by atoms with E-state index >= 15 is 0 Å². The maximum absolute atomic E-state index is 10.7. The molecule has 2 nitrogen and oxygen atoms in total. The Morgan fingerprint density at radius 3 is 2.50 bits per heavy atom. The first-order chi connectivity index (χ1) is 5.83. The summed E-state index contributed by atoms with van der Waals surface area (Å²) in [6, 6.07) is 3.18. The van der Waals surface area contributed by atoms with Gasteiger partial charge >= 0.3 is 0 Å². The van der Waals surface area contributed by atoms with Crippen molar-refractivity contribution in [2.45, 2.75) is 19.4 Å². The maximum Gasteiger partial charge on any atom is 0.181 e. The van der Waals surface area contributed by atoms with Crippen molar-refractivity contribution < 1.29 is 0 Å². The molecule has 0 saturated heterocycles. The van der Waals surface area contributed by atoms with Crippen LogP contribution < -0.4 is 5.43 Å². The van der Waals surface area contributed by atoms with Crippen LogP contribution in [0.4, 0.5) is 0 Å². The molecule has 1 aromatic heterocycles. The van der Waals surface area contributed by atoms with Crippen LogP contribution in [0, 0.1) is 0 Å². The van der Waals surface area contributed by atoms with Crippen molar-refractivity contribution in [3.63, 3.8) is 0 Å². The van der Waals surface area contributed by atoms with Gasteiger partial charge in [0.25, 0.3) is 0 Å². The fourth-order valence-corrected chi connectivity index (χ4v) is 1.38. The monoisotopic (exact) mass is 229 g/mol. The van der Waals surface area contributed by atoms with E-state index in [9.17, 15) is 4.79 Å². The summed E-state index contributed by atoms with van der Waals surface area (Å²) in [5.74, 6) is 0. The molecule has 1 heterocycles. The van der Waals surface area contributed by atoms with Crippen LogP contribution in [0.3, 0.4) is 0 Å². The molecule has 0 radical (unpaired) electrons. The zero-order valence-electron chi connectivity index (χ0n) is 6.87. The summed E-state index contributed by atoms with van der Waals surface area (Å²) in [7, 11) is 0. The molecule has 0 saturated carbocycles. The molecule has 0 N–H and O–H groups in total. The van der Waals surface area contributed by atoms with E-state index in [4.69, 9.17) is 0 Å². The first kappa shape index (κ1) is 9.52. The third kappa shape index (κ3) is 3.22. The lowest BCUT2D eigenvalue weighted by Crippen LogP contribution is -2.03. The summed E-state index contributed by atoms with van der Waals surface area (Å²) in [5.41, 5.74) is 0.0757. The van der Waals surface area contributed by atoms with Crippen LogP contribution in [0.2, 0.25) is 0 Å². The summed E-state index contributed by atoms with van der Waals surface area (Å²) in [4.78, 5) is 10.7. The van der Waals surface area contributed by atoms with E-state index in [0.29, 0.717) is 0 Å². The van der Waals surface area contributed by atoms with Gasteiger partial charge in [0.1, 0.15) is 0 Å². The zero-order valence-corrected chi connectivity index (χ0v) is 8.46. The number of nitrogens with zero attached hydrogens (tertiary/aromatic N) is 1. The molecular formula is C9H12BrNO. The predicted molar refractivity (Wildman–Crippen MR) is 53.7 cm³/mol. The molecule has 0 bridgehead atoms. The smallest absolute Gasteiger partial charge is 0.181 e. The predicted octanol–water partition coefficient (Wildman–Crippen LogP) is 2.02. The number of halogens is 1. The van der Waals surface area contributed by atoms with Gasteiger partial charge in [-0.3, -0.25) is 4.79 Å². The maximum atomic E-state index is 10.7. The Bertz CT molecular complexity index is 262. The van der Waals surface area contributed by atoms with Gasteiger partial charge in [0, 0.05) is 36.4 Å². The van der Waals surface area contributed by atoms with Gasteiger partial charge in [0.2, 0.25) is 0 Å². The lowest BCUT2D eigenvalue weighted by Gasteiger charge is -2.03. The van der Waals surface area contributed by atoms with Gasteiger partial charge in [-0.05, 0) is 12.8 Å². The molecule has 1 aromatic rings. The van der Waals surface area contributed by atoms with E-state index in [1.54, 1.807) is 12.1 Å². The Kier molecular flexibility index (Phi) is 4.08. The van der Waals surface area contributed by atoms with Crippen LogP contribution in [0.5, 0.6) is 0 Å². The van der Waals surface area contributed by atoms with Crippen LogP contribution >= 0.6 is 15.9 Å². The van der Waals surface area contributed by atoms with Crippen molar-refractivity contribution in [1.29, 1.82) is 0 Å². The van der Waals surface area contributed by atoms with Crippen molar-refractivity contribution in [3.05, 3.63) is 34.7 Å². The van der Waals surface area contributed by atoms with Crippen molar-refractivity contribution in [2.24, 2.45) is 0 Å². The SMILES string of the molecule is O=c1ccn(CCCCBr)cc1. The van der Waals surface area contributed by atoms with Gasteiger partial charge in [-0.2, -0.15) is 0 Å². The molecule has 0 spiro atoms. The second-order valence-electron chi connectivity index (χ2n) is 2.67. The highest BCUT2D eigenvalue weighted by Gasteiger charge is 1.88. The number of hydrogen-bond acceptors (Lipinski definition) is 1. The van der Waals surface area contributed by atoms with E-state index in [-0.39, 0.29) is 5.43 Å². The van der Waals surface area contributed by atoms with Gasteiger partial charge < -0.3 is 4.57 Å². The number of alkyl halides is 1. The number of rotatable bonds is 4. The number of unbranched alkanes of at least 4 members (excludes halogenated alkanes) is 1. The van der Waals surface area contributed by atoms with Crippen LogP contribution in [-0.2, 0) is 6.54 Å². The molecule has 0 amide bonds. The first-order valence-corrected chi connectivity index (χ1v) is 5.17. The molecular weight excluding hydrogens is 218 g/mol. The van der Waals surface area contributed by atoms with Gasteiger partial charge in [0.05, 0.1) is 0 Å². The van der Waals surface area contributed by atoms with Crippen molar-refractivity contribution >= 4 is 15.9 Å². The number of aromatic nitrogens is 1. The number of pyridine rings is 1. The van der Waals surface area contributed by atoms with Crippen molar-refractivity contribution in [2.75, 3.05) is 5.33 Å². The first-order valence-electron chi connectivity index (χ1n) is 4.05. The van der Waals surface area contributed by atoms with Crippen LogP contribution in [0.1, 0.15) is 12.8 Å². The highest BCUT2D eigenvalue weighted by molar-refractivity contribution is 9.09. The molecule has 12 heavy (non-hydrogen) atoms. The highest BCUT2D eigenvalue weighted by atomic mass is 79.9. The third-order valence-corrected chi connectivity index (χ3v) is 2.22. The Balaban J connectivity index is 2.42. The lowest BCUT2D eigenvalue weighted by molar-refractivity contribution is 0.632. The van der Waals surface area contributed by atoms with Crippen LogP contribution in [-0.4, -0.2) is 9.90 Å². The van der Waals surface area contributed by atoms with Crippen LogP contribution in [0.25, 0.3) is 0 Å². The number of hydrogen-bond donors (Lipinski definition) is 0. The second kappa shape index (κ2) is 5.14. The van der Waals surface area contributed by atoms with E-state index in [0.717, 1.165) is 18.3 Å². The molecule has 0 aliphatic rings. The van der Waals surface area contributed by atoms with Gasteiger partial charge in [-0.1, -0.05) is 15.9 Å². The molecule has 0 aliphatic carbocycles.